The first-order valence-electron chi connectivity index (χ1n) is 6.04. The summed E-state index contributed by atoms with van der Waals surface area (Å²) in [5.41, 5.74) is 10.7. The van der Waals surface area contributed by atoms with Gasteiger partial charge >= 0.3 is 0 Å². The van der Waals surface area contributed by atoms with Crippen LogP contribution in [0.1, 0.15) is 30.7 Å². The van der Waals surface area contributed by atoms with Crippen LogP contribution in [0, 0.1) is 12.8 Å². The number of aryl methyl sites for hydroxylation is 1. The van der Waals surface area contributed by atoms with Gasteiger partial charge in [-0.25, -0.2) is 0 Å². The maximum Gasteiger partial charge on any atom is 0.237 e. The maximum atomic E-state index is 11.4. The highest BCUT2D eigenvalue weighted by Gasteiger charge is 2.43. The van der Waals surface area contributed by atoms with Gasteiger partial charge in [0, 0.05) is 5.75 Å². The molecule has 1 fully saturated rings. The lowest BCUT2D eigenvalue weighted by Gasteiger charge is -2.27. The number of aromatic nitrogens is 2. The highest BCUT2D eigenvalue weighted by Crippen LogP contribution is 2.37. The third kappa shape index (κ3) is 2.84. The molecule has 7 heteroatoms. The van der Waals surface area contributed by atoms with Crippen molar-refractivity contribution in [2.45, 2.75) is 42.5 Å². The van der Waals surface area contributed by atoms with Crippen LogP contribution in [0.25, 0.3) is 0 Å². The summed E-state index contributed by atoms with van der Waals surface area (Å²) in [5, 5.41) is 9.01. The minimum absolute atomic E-state index is 0.205. The van der Waals surface area contributed by atoms with Crippen LogP contribution >= 0.6 is 23.1 Å². The molecule has 18 heavy (non-hydrogen) atoms. The number of nitrogens with zero attached hydrogens (tertiary/aromatic N) is 2. The highest BCUT2D eigenvalue weighted by molar-refractivity contribution is 8.01. The monoisotopic (exact) mass is 286 g/mol. The van der Waals surface area contributed by atoms with Gasteiger partial charge in [0.1, 0.15) is 5.01 Å². The number of hydrogen-bond acceptors (Lipinski definition) is 6. The zero-order valence-corrected chi connectivity index (χ0v) is 12.0. The first-order valence-corrected chi connectivity index (χ1v) is 7.84. The molecule has 2 unspecified atom stereocenters. The molecule has 0 spiro atoms. The fourth-order valence-electron chi connectivity index (χ4n) is 2.45. The van der Waals surface area contributed by atoms with Crippen molar-refractivity contribution in [1.29, 1.82) is 0 Å². The number of primary amides is 1. The molecule has 0 radical (unpaired) electrons. The lowest BCUT2D eigenvalue weighted by Crippen LogP contribution is -2.54. The van der Waals surface area contributed by atoms with Crippen LogP contribution in [0.3, 0.4) is 0 Å². The Balaban J connectivity index is 1.85. The quantitative estimate of drug-likeness (QED) is 0.796. The minimum atomic E-state index is -0.794. The van der Waals surface area contributed by atoms with Crippen molar-refractivity contribution < 1.29 is 4.79 Å². The van der Waals surface area contributed by atoms with E-state index in [2.05, 4.69) is 10.2 Å². The van der Waals surface area contributed by atoms with Gasteiger partial charge in [-0.2, -0.15) is 0 Å². The van der Waals surface area contributed by atoms with Crippen LogP contribution in [0.5, 0.6) is 0 Å². The molecule has 2 atom stereocenters. The van der Waals surface area contributed by atoms with Crippen molar-refractivity contribution in [3.63, 3.8) is 0 Å². The Morgan fingerprint density at radius 2 is 2.39 bits per heavy atom. The van der Waals surface area contributed by atoms with Crippen LogP contribution in [0.2, 0.25) is 0 Å². The summed E-state index contributed by atoms with van der Waals surface area (Å²) in [6.07, 6.45) is 3.61. The van der Waals surface area contributed by atoms with Crippen molar-refractivity contribution in [2.24, 2.45) is 17.4 Å². The van der Waals surface area contributed by atoms with E-state index in [-0.39, 0.29) is 11.8 Å². The van der Waals surface area contributed by atoms with E-state index >= 15 is 0 Å². The molecule has 1 aromatic heterocycles. The van der Waals surface area contributed by atoms with E-state index in [1.807, 2.05) is 6.92 Å². The molecule has 4 N–H and O–H groups in total. The van der Waals surface area contributed by atoms with Gasteiger partial charge in [-0.3, -0.25) is 4.79 Å². The number of carbonyl (C=O) groups is 1. The molecule has 0 aromatic carbocycles. The Morgan fingerprint density at radius 3 is 3.00 bits per heavy atom. The Hall–Kier alpha value is -0.660. The molecule has 0 saturated heterocycles. The van der Waals surface area contributed by atoms with Gasteiger partial charge in [0.2, 0.25) is 5.91 Å². The van der Waals surface area contributed by atoms with Crippen LogP contribution < -0.4 is 11.5 Å². The Kier molecular flexibility index (Phi) is 4.24. The van der Waals surface area contributed by atoms with Gasteiger partial charge in [-0.1, -0.05) is 29.5 Å². The van der Waals surface area contributed by atoms with E-state index < -0.39 is 5.54 Å². The second kappa shape index (κ2) is 5.54. The fraction of sp³-hybridized carbons (Fsp3) is 0.727. The topological polar surface area (TPSA) is 94.9 Å². The van der Waals surface area contributed by atoms with Crippen molar-refractivity contribution in [2.75, 3.05) is 5.75 Å². The van der Waals surface area contributed by atoms with Crippen molar-refractivity contribution in [1.82, 2.24) is 10.2 Å². The molecule has 1 saturated carbocycles. The summed E-state index contributed by atoms with van der Waals surface area (Å²) in [4.78, 5) is 11.4. The van der Waals surface area contributed by atoms with E-state index in [1.165, 1.54) is 0 Å². The standard InChI is InChI=1S/C11H18N4OS2/c1-7-14-15-10(18-7)17-6-4-8-3-2-5-11(8,13)9(12)16/h8H,2-6,13H2,1H3,(H2,12,16). The molecule has 2 rings (SSSR count). The summed E-state index contributed by atoms with van der Waals surface area (Å²) in [5.74, 6) is 0.754. The normalized spacial score (nSPS) is 27.6. The van der Waals surface area contributed by atoms with E-state index in [9.17, 15) is 4.79 Å². The van der Waals surface area contributed by atoms with Gasteiger partial charge in [0.25, 0.3) is 0 Å². The first-order chi connectivity index (χ1) is 8.52. The van der Waals surface area contributed by atoms with Crippen LogP contribution in [-0.4, -0.2) is 27.4 Å². The number of rotatable bonds is 5. The molecule has 100 valence electrons. The summed E-state index contributed by atoms with van der Waals surface area (Å²) in [7, 11) is 0. The van der Waals surface area contributed by atoms with Crippen molar-refractivity contribution >= 4 is 29.0 Å². The number of hydrogen-bond donors (Lipinski definition) is 2. The summed E-state index contributed by atoms with van der Waals surface area (Å²) < 4.78 is 0.979. The number of nitrogens with two attached hydrogens (primary N) is 2. The van der Waals surface area contributed by atoms with Crippen molar-refractivity contribution in [3.05, 3.63) is 5.01 Å². The van der Waals surface area contributed by atoms with Gasteiger partial charge in [-0.15, -0.1) is 10.2 Å². The summed E-state index contributed by atoms with van der Waals surface area (Å²) >= 11 is 3.27. The van der Waals surface area contributed by atoms with Gasteiger partial charge in [-0.05, 0) is 32.1 Å². The lowest BCUT2D eigenvalue weighted by atomic mass is 9.85. The minimum Gasteiger partial charge on any atom is -0.368 e. The molecule has 1 aliphatic rings. The zero-order chi connectivity index (χ0) is 13.2. The predicted octanol–water partition coefficient (Wildman–Crippen LogP) is 1.31. The van der Waals surface area contributed by atoms with E-state index in [0.29, 0.717) is 0 Å². The molecular formula is C11H18N4OS2. The highest BCUT2D eigenvalue weighted by atomic mass is 32.2. The molecule has 5 nitrogen and oxygen atoms in total. The molecule has 0 bridgehead atoms. The SMILES string of the molecule is Cc1nnc(SCCC2CCCC2(N)C(N)=O)s1. The van der Waals surface area contributed by atoms with Crippen LogP contribution in [0.4, 0.5) is 0 Å². The van der Waals surface area contributed by atoms with Gasteiger partial charge < -0.3 is 11.5 Å². The van der Waals surface area contributed by atoms with Gasteiger partial charge in [0.15, 0.2) is 4.34 Å². The molecular weight excluding hydrogens is 268 g/mol. The smallest absolute Gasteiger partial charge is 0.237 e. The average Bonchev–Trinajstić information content (AvgIpc) is 2.87. The molecule has 1 heterocycles. The Morgan fingerprint density at radius 1 is 1.61 bits per heavy atom. The third-order valence-electron chi connectivity index (χ3n) is 3.53. The van der Waals surface area contributed by atoms with Crippen molar-refractivity contribution in [3.8, 4) is 0 Å². The maximum absolute atomic E-state index is 11.4. The lowest BCUT2D eigenvalue weighted by molar-refractivity contribution is -0.124. The molecule has 1 amide bonds. The fourth-order valence-corrected chi connectivity index (χ4v) is 4.39. The van der Waals surface area contributed by atoms with E-state index in [1.54, 1.807) is 23.1 Å². The number of thioether (sulfide) groups is 1. The van der Waals surface area contributed by atoms with E-state index in [4.69, 9.17) is 11.5 Å². The average molecular weight is 286 g/mol. The van der Waals surface area contributed by atoms with Crippen LogP contribution in [0.15, 0.2) is 4.34 Å². The Bertz CT molecular complexity index is 436. The third-order valence-corrected chi connectivity index (χ3v) is 5.53. The zero-order valence-electron chi connectivity index (χ0n) is 10.4. The Labute approximate surface area is 115 Å². The second-order valence-corrected chi connectivity index (χ2v) is 7.24. The van der Waals surface area contributed by atoms with Gasteiger partial charge in [0.05, 0.1) is 5.54 Å². The summed E-state index contributed by atoms with van der Waals surface area (Å²) in [6, 6.07) is 0. The first kappa shape index (κ1) is 13.8. The second-order valence-electron chi connectivity index (χ2n) is 4.72. The summed E-state index contributed by atoms with van der Waals surface area (Å²) in [6.45, 7) is 1.94. The largest absolute Gasteiger partial charge is 0.368 e. The molecule has 1 aromatic rings. The molecule has 1 aliphatic carbocycles. The van der Waals surface area contributed by atoms with E-state index in [0.717, 1.165) is 40.8 Å². The number of carbonyl (C=O) groups excluding carboxylic acids is 1. The number of amides is 1. The predicted molar refractivity (Wildman–Crippen MR) is 73.4 cm³/mol. The van der Waals surface area contributed by atoms with Crippen LogP contribution in [-0.2, 0) is 4.79 Å². The molecule has 0 aliphatic heterocycles.